The molecule has 25 heavy (non-hydrogen) atoms. The van der Waals surface area contributed by atoms with Gasteiger partial charge in [-0.25, -0.2) is 4.98 Å². The van der Waals surface area contributed by atoms with Gasteiger partial charge < -0.3 is 19.8 Å². The lowest BCUT2D eigenvalue weighted by Gasteiger charge is -2.49. The molecule has 2 aromatic rings. The van der Waals surface area contributed by atoms with Gasteiger partial charge in [-0.3, -0.25) is 4.79 Å². The fraction of sp³-hybridized carbons (Fsp3) is 0.556. The van der Waals surface area contributed by atoms with Crippen molar-refractivity contribution in [1.82, 2.24) is 9.88 Å². The number of hydrogen-bond donors (Lipinski definition) is 2. The monoisotopic (exact) mass is 362 g/mol. The molecule has 7 heteroatoms. The second kappa shape index (κ2) is 6.02. The Morgan fingerprint density at radius 1 is 1.40 bits per heavy atom. The van der Waals surface area contributed by atoms with Gasteiger partial charge in [0.05, 0.1) is 33.5 Å². The van der Waals surface area contributed by atoms with E-state index < -0.39 is 17.3 Å². The lowest BCUT2D eigenvalue weighted by Crippen LogP contribution is -2.59. The normalized spacial score (nSPS) is 29.2. The van der Waals surface area contributed by atoms with Crippen molar-refractivity contribution in [3.05, 3.63) is 29.3 Å². The molecule has 0 saturated carbocycles. The topological polar surface area (TPSA) is 82.9 Å². The zero-order chi connectivity index (χ0) is 17.7. The van der Waals surface area contributed by atoms with E-state index in [2.05, 4.69) is 4.98 Å². The molecule has 6 nitrogen and oxygen atoms in total. The van der Waals surface area contributed by atoms with E-state index in [9.17, 15) is 15.0 Å². The van der Waals surface area contributed by atoms with Gasteiger partial charge >= 0.3 is 0 Å². The summed E-state index contributed by atoms with van der Waals surface area (Å²) in [6.45, 7) is 2.96. The first-order chi connectivity index (χ1) is 11.9. The van der Waals surface area contributed by atoms with Gasteiger partial charge in [0.25, 0.3) is 5.91 Å². The van der Waals surface area contributed by atoms with E-state index in [-0.39, 0.29) is 12.5 Å². The minimum atomic E-state index is -1.14. The highest BCUT2D eigenvalue weighted by atomic mass is 32.1. The van der Waals surface area contributed by atoms with E-state index in [1.165, 1.54) is 0 Å². The van der Waals surface area contributed by atoms with Gasteiger partial charge in [0, 0.05) is 25.1 Å². The zero-order valence-corrected chi connectivity index (χ0v) is 15.0. The molecular formula is C18H22N2O4S. The first-order valence-corrected chi connectivity index (χ1v) is 9.44. The van der Waals surface area contributed by atoms with Crippen LogP contribution in [0, 0.1) is 0 Å². The number of carbonyl (C=O) groups is 1. The van der Waals surface area contributed by atoms with Crippen LogP contribution in [0.2, 0.25) is 0 Å². The highest BCUT2D eigenvalue weighted by Gasteiger charge is 2.49. The zero-order valence-electron chi connectivity index (χ0n) is 14.1. The van der Waals surface area contributed by atoms with Crippen LogP contribution in [-0.2, 0) is 4.74 Å². The molecule has 134 valence electrons. The lowest BCUT2D eigenvalue weighted by molar-refractivity contribution is -0.221. The van der Waals surface area contributed by atoms with Crippen LogP contribution < -0.4 is 0 Å². The third-order valence-corrected chi connectivity index (χ3v) is 6.29. The highest BCUT2D eigenvalue weighted by Crippen LogP contribution is 2.39. The number of amides is 1. The number of aromatic nitrogens is 1. The Kier molecular flexibility index (Phi) is 4.07. The molecule has 2 aliphatic heterocycles. The fourth-order valence-corrected chi connectivity index (χ4v) is 4.53. The average molecular weight is 362 g/mol. The molecule has 1 amide bonds. The van der Waals surface area contributed by atoms with Crippen molar-refractivity contribution in [3.8, 4) is 0 Å². The third-order valence-electron chi connectivity index (χ3n) is 5.48. The summed E-state index contributed by atoms with van der Waals surface area (Å²) in [6.07, 6.45) is 0.873. The first-order valence-electron chi connectivity index (χ1n) is 8.56. The SMILES string of the molecule is C[C@]1(O)CC2(CCN(C(=O)c3ccc4scnc4c3)CC2)OC[C@@H]1O. The average Bonchev–Trinajstić information content (AvgIpc) is 3.06. The number of thiazole rings is 1. The van der Waals surface area contributed by atoms with Crippen LogP contribution in [0.5, 0.6) is 0 Å². The number of aliphatic hydroxyl groups excluding tert-OH is 1. The molecule has 2 aliphatic rings. The van der Waals surface area contributed by atoms with E-state index in [1.807, 2.05) is 23.1 Å². The minimum Gasteiger partial charge on any atom is -0.388 e. The summed E-state index contributed by atoms with van der Waals surface area (Å²) < 4.78 is 6.95. The molecule has 4 rings (SSSR count). The van der Waals surface area contributed by atoms with Gasteiger partial charge in [0.1, 0.15) is 6.10 Å². The second-order valence-electron chi connectivity index (χ2n) is 7.37. The number of ether oxygens (including phenoxy) is 1. The maximum atomic E-state index is 12.8. The summed E-state index contributed by atoms with van der Waals surface area (Å²) in [5.41, 5.74) is 1.70. The first kappa shape index (κ1) is 16.9. The van der Waals surface area contributed by atoms with E-state index >= 15 is 0 Å². The Hall–Kier alpha value is -1.54. The lowest BCUT2D eigenvalue weighted by atomic mass is 9.76. The maximum absolute atomic E-state index is 12.8. The van der Waals surface area contributed by atoms with Crippen LogP contribution in [0.25, 0.3) is 10.2 Å². The molecular weight excluding hydrogens is 340 g/mol. The summed E-state index contributed by atoms with van der Waals surface area (Å²) >= 11 is 1.56. The van der Waals surface area contributed by atoms with E-state index in [0.717, 1.165) is 10.2 Å². The van der Waals surface area contributed by atoms with Gasteiger partial charge in [-0.2, -0.15) is 0 Å². The van der Waals surface area contributed by atoms with Gasteiger partial charge in [-0.15, -0.1) is 11.3 Å². The number of fused-ring (bicyclic) bond motifs is 1. The van der Waals surface area contributed by atoms with Crippen molar-refractivity contribution >= 4 is 27.5 Å². The van der Waals surface area contributed by atoms with Crippen LogP contribution in [0.1, 0.15) is 36.5 Å². The number of piperidine rings is 1. The summed E-state index contributed by atoms with van der Waals surface area (Å²) in [5.74, 6) is 0.00681. The third kappa shape index (κ3) is 3.06. The van der Waals surface area contributed by atoms with Crippen molar-refractivity contribution in [2.45, 2.75) is 43.5 Å². The number of hydrogen-bond acceptors (Lipinski definition) is 6. The molecule has 2 N–H and O–H groups in total. The van der Waals surface area contributed by atoms with Gasteiger partial charge in [-0.05, 0) is 38.0 Å². The molecule has 0 bridgehead atoms. The Labute approximate surface area is 150 Å². The van der Waals surface area contributed by atoms with Gasteiger partial charge in [0.15, 0.2) is 0 Å². The van der Waals surface area contributed by atoms with Crippen molar-refractivity contribution < 1.29 is 19.7 Å². The summed E-state index contributed by atoms with van der Waals surface area (Å²) in [7, 11) is 0. The van der Waals surface area contributed by atoms with Crippen molar-refractivity contribution in [3.63, 3.8) is 0 Å². The molecule has 0 aliphatic carbocycles. The number of likely N-dealkylation sites (tertiary alicyclic amines) is 1. The number of aliphatic hydroxyl groups is 2. The molecule has 2 fully saturated rings. The largest absolute Gasteiger partial charge is 0.388 e. The summed E-state index contributed by atoms with van der Waals surface area (Å²) in [5, 5.41) is 20.2. The van der Waals surface area contributed by atoms with E-state index in [4.69, 9.17) is 4.74 Å². The maximum Gasteiger partial charge on any atom is 0.253 e. The molecule has 1 aromatic heterocycles. The number of rotatable bonds is 1. The predicted octanol–water partition coefficient (Wildman–Crippen LogP) is 1.80. The smallest absolute Gasteiger partial charge is 0.253 e. The Morgan fingerprint density at radius 2 is 2.16 bits per heavy atom. The fourth-order valence-electron chi connectivity index (χ4n) is 3.87. The van der Waals surface area contributed by atoms with Crippen LogP contribution in [0.15, 0.2) is 23.7 Å². The van der Waals surface area contributed by atoms with Gasteiger partial charge in [0.2, 0.25) is 0 Å². The van der Waals surface area contributed by atoms with E-state index in [1.54, 1.807) is 23.8 Å². The minimum absolute atomic E-state index is 0.00681. The molecule has 2 atom stereocenters. The van der Waals surface area contributed by atoms with Crippen LogP contribution in [0.3, 0.4) is 0 Å². The number of nitrogens with zero attached hydrogens (tertiary/aromatic N) is 2. The standard InChI is InChI=1S/C18H22N2O4S/c1-17(23)10-18(24-9-15(17)21)4-6-20(7-5-18)16(22)12-2-3-14-13(8-12)19-11-25-14/h2-3,8,11,15,21,23H,4-7,9-10H2,1H3/t15-,17-/m0/s1. The predicted molar refractivity (Wildman–Crippen MR) is 94.7 cm³/mol. The Balaban J connectivity index is 1.45. The Bertz CT molecular complexity index is 795. The summed E-state index contributed by atoms with van der Waals surface area (Å²) in [4.78, 5) is 18.9. The molecule has 1 aromatic carbocycles. The number of benzene rings is 1. The Morgan fingerprint density at radius 3 is 2.88 bits per heavy atom. The molecule has 3 heterocycles. The molecule has 0 radical (unpaired) electrons. The second-order valence-corrected chi connectivity index (χ2v) is 8.26. The van der Waals surface area contributed by atoms with E-state index in [0.29, 0.717) is 37.9 Å². The van der Waals surface area contributed by atoms with Crippen molar-refractivity contribution in [2.75, 3.05) is 19.7 Å². The van der Waals surface area contributed by atoms with Crippen LogP contribution in [-0.4, -0.2) is 63.0 Å². The number of carbonyl (C=O) groups excluding carboxylic acids is 1. The molecule has 2 saturated heterocycles. The highest BCUT2D eigenvalue weighted by molar-refractivity contribution is 7.16. The van der Waals surface area contributed by atoms with Crippen LogP contribution in [0.4, 0.5) is 0 Å². The molecule has 1 spiro atoms. The van der Waals surface area contributed by atoms with Crippen molar-refractivity contribution in [2.24, 2.45) is 0 Å². The van der Waals surface area contributed by atoms with Crippen LogP contribution >= 0.6 is 11.3 Å². The summed E-state index contributed by atoms with van der Waals surface area (Å²) in [6, 6.07) is 5.64. The quantitative estimate of drug-likeness (QED) is 0.808. The molecule has 0 unspecified atom stereocenters. The van der Waals surface area contributed by atoms with Gasteiger partial charge in [-0.1, -0.05) is 0 Å². The van der Waals surface area contributed by atoms with Crippen molar-refractivity contribution in [1.29, 1.82) is 0 Å².